The highest BCUT2D eigenvalue weighted by molar-refractivity contribution is 5.34. The lowest BCUT2D eigenvalue weighted by Crippen LogP contribution is -2.10. The molecule has 108 valence electrons. The van der Waals surface area contributed by atoms with Crippen molar-refractivity contribution in [1.82, 2.24) is 14.8 Å². The van der Waals surface area contributed by atoms with E-state index < -0.39 is 6.10 Å². The predicted octanol–water partition coefficient (Wildman–Crippen LogP) is 2.28. The van der Waals surface area contributed by atoms with Gasteiger partial charge in [0.25, 0.3) is 0 Å². The molecule has 0 spiro atoms. The van der Waals surface area contributed by atoms with Gasteiger partial charge in [0.1, 0.15) is 12.4 Å². The van der Waals surface area contributed by atoms with E-state index in [9.17, 15) is 5.11 Å². The van der Waals surface area contributed by atoms with E-state index in [0.29, 0.717) is 23.5 Å². The van der Waals surface area contributed by atoms with Crippen LogP contribution < -0.4 is 0 Å². The summed E-state index contributed by atoms with van der Waals surface area (Å²) in [5.74, 6) is 0.480. The van der Waals surface area contributed by atoms with E-state index in [-0.39, 0.29) is 0 Å². The molecule has 0 radical (unpaired) electrons. The summed E-state index contributed by atoms with van der Waals surface area (Å²) in [5.41, 5.74) is 2.35. The number of hydrogen-bond acceptors (Lipinski definition) is 4. The van der Waals surface area contributed by atoms with E-state index in [2.05, 4.69) is 16.3 Å². The Labute approximate surface area is 128 Å². The Morgan fingerprint density at radius 3 is 2.50 bits per heavy atom. The van der Waals surface area contributed by atoms with E-state index in [1.165, 1.54) is 0 Å². The summed E-state index contributed by atoms with van der Waals surface area (Å²) < 4.78 is 1.82. The van der Waals surface area contributed by atoms with E-state index in [4.69, 9.17) is 5.26 Å². The molecule has 1 aromatic heterocycles. The molecule has 0 saturated heterocycles. The van der Waals surface area contributed by atoms with Crippen LogP contribution in [0.15, 0.2) is 60.9 Å². The monoisotopic (exact) mass is 290 g/mol. The third kappa shape index (κ3) is 2.87. The molecule has 1 unspecified atom stereocenters. The van der Waals surface area contributed by atoms with Gasteiger partial charge in [-0.15, -0.1) is 10.2 Å². The molecule has 0 saturated carbocycles. The Kier molecular flexibility index (Phi) is 3.95. The normalized spacial score (nSPS) is 11.8. The SMILES string of the molecule is N#Cc1ccc(C(O)c2nncn2Cc2ccccc2)cc1. The molecule has 1 atom stereocenters. The quantitative estimate of drug-likeness (QED) is 0.800. The lowest BCUT2D eigenvalue weighted by atomic mass is 10.1. The maximum Gasteiger partial charge on any atom is 0.166 e. The largest absolute Gasteiger partial charge is 0.380 e. The van der Waals surface area contributed by atoms with Crippen LogP contribution in [0.25, 0.3) is 0 Å². The van der Waals surface area contributed by atoms with E-state index >= 15 is 0 Å². The summed E-state index contributed by atoms with van der Waals surface area (Å²) >= 11 is 0. The Morgan fingerprint density at radius 1 is 1.09 bits per heavy atom. The zero-order valence-electron chi connectivity index (χ0n) is 11.8. The summed E-state index contributed by atoms with van der Waals surface area (Å²) in [6.07, 6.45) is 0.730. The van der Waals surface area contributed by atoms with Gasteiger partial charge in [-0.1, -0.05) is 42.5 Å². The van der Waals surface area contributed by atoms with Crippen molar-refractivity contribution >= 4 is 0 Å². The number of nitrogens with zero attached hydrogens (tertiary/aromatic N) is 4. The summed E-state index contributed by atoms with van der Waals surface area (Å²) in [6, 6.07) is 18.8. The molecule has 5 heteroatoms. The van der Waals surface area contributed by atoms with Crippen molar-refractivity contribution < 1.29 is 5.11 Å². The van der Waals surface area contributed by atoms with Gasteiger partial charge in [0.05, 0.1) is 18.2 Å². The Bertz CT molecular complexity index is 788. The number of aromatic nitrogens is 3. The first-order valence-electron chi connectivity index (χ1n) is 6.87. The lowest BCUT2D eigenvalue weighted by Gasteiger charge is -2.12. The standard InChI is InChI=1S/C17H14N4O/c18-10-13-6-8-15(9-7-13)16(22)17-20-19-12-21(17)11-14-4-2-1-3-5-14/h1-9,12,16,22H,11H2. The average molecular weight is 290 g/mol. The molecule has 0 aliphatic carbocycles. The molecule has 1 N–H and O–H groups in total. The third-order valence-electron chi connectivity index (χ3n) is 3.44. The van der Waals surface area contributed by atoms with Crippen LogP contribution in [0.5, 0.6) is 0 Å². The Hall–Kier alpha value is -2.97. The van der Waals surface area contributed by atoms with Crippen LogP contribution in [0.2, 0.25) is 0 Å². The minimum Gasteiger partial charge on any atom is -0.380 e. The molecular weight excluding hydrogens is 276 g/mol. The molecule has 22 heavy (non-hydrogen) atoms. The van der Waals surface area contributed by atoms with Crippen LogP contribution in [-0.4, -0.2) is 19.9 Å². The topological polar surface area (TPSA) is 74.7 Å². The van der Waals surface area contributed by atoms with Gasteiger partial charge >= 0.3 is 0 Å². The first-order valence-corrected chi connectivity index (χ1v) is 6.87. The number of aliphatic hydroxyl groups excluding tert-OH is 1. The van der Waals surface area contributed by atoms with Crippen LogP contribution in [0.3, 0.4) is 0 Å². The molecular formula is C17H14N4O. The van der Waals surface area contributed by atoms with Crippen LogP contribution in [0.1, 0.15) is 28.6 Å². The van der Waals surface area contributed by atoms with Gasteiger partial charge in [-0.2, -0.15) is 5.26 Å². The maximum atomic E-state index is 10.5. The van der Waals surface area contributed by atoms with Crippen molar-refractivity contribution in [3.8, 4) is 6.07 Å². The number of aliphatic hydroxyl groups is 1. The Morgan fingerprint density at radius 2 is 1.82 bits per heavy atom. The first-order chi connectivity index (χ1) is 10.8. The molecule has 0 fully saturated rings. The van der Waals surface area contributed by atoms with Crippen molar-refractivity contribution in [3.63, 3.8) is 0 Å². The first kappa shape index (κ1) is 14.0. The minimum absolute atomic E-state index is 0.480. The molecule has 1 heterocycles. The number of hydrogen-bond donors (Lipinski definition) is 1. The lowest BCUT2D eigenvalue weighted by molar-refractivity contribution is 0.204. The van der Waals surface area contributed by atoms with Crippen LogP contribution >= 0.6 is 0 Å². The molecule has 3 aromatic rings. The number of rotatable bonds is 4. The van der Waals surface area contributed by atoms with Gasteiger partial charge < -0.3 is 9.67 Å². The molecule has 0 bridgehead atoms. The summed E-state index contributed by atoms with van der Waals surface area (Å²) in [5, 5.41) is 27.2. The highest BCUT2D eigenvalue weighted by atomic mass is 16.3. The summed E-state index contributed by atoms with van der Waals surface area (Å²) in [6.45, 7) is 0.594. The highest BCUT2D eigenvalue weighted by Crippen LogP contribution is 2.21. The smallest absolute Gasteiger partial charge is 0.166 e. The fourth-order valence-electron chi connectivity index (χ4n) is 2.27. The van der Waals surface area contributed by atoms with E-state index in [1.54, 1.807) is 30.6 Å². The van der Waals surface area contributed by atoms with Gasteiger partial charge in [0.15, 0.2) is 5.82 Å². The van der Waals surface area contributed by atoms with Gasteiger partial charge in [-0.3, -0.25) is 0 Å². The average Bonchev–Trinajstić information content (AvgIpc) is 3.03. The number of nitriles is 1. The Balaban J connectivity index is 1.85. The van der Waals surface area contributed by atoms with Crippen molar-refractivity contribution in [2.24, 2.45) is 0 Å². The van der Waals surface area contributed by atoms with Crippen molar-refractivity contribution in [3.05, 3.63) is 83.4 Å². The predicted molar refractivity (Wildman–Crippen MR) is 80.8 cm³/mol. The zero-order valence-corrected chi connectivity index (χ0v) is 11.8. The molecule has 0 amide bonds. The van der Waals surface area contributed by atoms with Crippen molar-refractivity contribution in [2.75, 3.05) is 0 Å². The molecule has 5 nitrogen and oxygen atoms in total. The molecule has 2 aromatic carbocycles. The molecule has 3 rings (SSSR count). The van der Waals surface area contributed by atoms with Crippen LogP contribution in [0.4, 0.5) is 0 Å². The minimum atomic E-state index is -0.876. The van der Waals surface area contributed by atoms with Gasteiger partial charge in [0.2, 0.25) is 0 Å². The summed E-state index contributed by atoms with van der Waals surface area (Å²) in [7, 11) is 0. The van der Waals surface area contributed by atoms with Gasteiger partial charge in [-0.05, 0) is 23.3 Å². The van der Waals surface area contributed by atoms with E-state index in [1.807, 2.05) is 34.9 Å². The van der Waals surface area contributed by atoms with Crippen LogP contribution in [0, 0.1) is 11.3 Å². The van der Waals surface area contributed by atoms with Crippen molar-refractivity contribution in [1.29, 1.82) is 5.26 Å². The fourth-order valence-corrected chi connectivity index (χ4v) is 2.27. The number of benzene rings is 2. The highest BCUT2D eigenvalue weighted by Gasteiger charge is 2.17. The molecule has 0 aliphatic rings. The van der Waals surface area contributed by atoms with Crippen molar-refractivity contribution in [2.45, 2.75) is 12.6 Å². The second kappa shape index (κ2) is 6.20. The summed E-state index contributed by atoms with van der Waals surface area (Å²) in [4.78, 5) is 0. The van der Waals surface area contributed by atoms with Gasteiger partial charge in [-0.25, -0.2) is 0 Å². The van der Waals surface area contributed by atoms with Crippen LogP contribution in [-0.2, 0) is 6.54 Å². The molecule has 0 aliphatic heterocycles. The second-order valence-corrected chi connectivity index (χ2v) is 4.94. The third-order valence-corrected chi connectivity index (χ3v) is 3.44. The zero-order chi connectivity index (χ0) is 15.4. The fraction of sp³-hybridized carbons (Fsp3) is 0.118. The van der Waals surface area contributed by atoms with E-state index in [0.717, 1.165) is 5.56 Å². The van der Waals surface area contributed by atoms with Gasteiger partial charge in [0, 0.05) is 0 Å². The maximum absolute atomic E-state index is 10.5. The second-order valence-electron chi connectivity index (χ2n) is 4.94.